The lowest BCUT2D eigenvalue weighted by Gasteiger charge is -2.29. The minimum Gasteiger partial charge on any atom is -0.386 e. The van der Waals surface area contributed by atoms with E-state index in [0.717, 1.165) is 17.0 Å². The molecule has 1 unspecified atom stereocenters. The molecule has 2 aromatic heterocycles. The summed E-state index contributed by atoms with van der Waals surface area (Å²) in [5.41, 5.74) is 2.10. The number of aromatic amines is 1. The van der Waals surface area contributed by atoms with Gasteiger partial charge in [-0.05, 0) is 38.3 Å². The largest absolute Gasteiger partial charge is 0.386 e. The van der Waals surface area contributed by atoms with Crippen LogP contribution in [0.4, 0.5) is 5.95 Å². The lowest BCUT2D eigenvalue weighted by atomic mass is 10.0. The molecule has 1 aliphatic heterocycles. The van der Waals surface area contributed by atoms with Crippen molar-refractivity contribution in [3.8, 4) is 0 Å². The maximum Gasteiger partial charge on any atom is 0.225 e. The van der Waals surface area contributed by atoms with Gasteiger partial charge in [-0.3, -0.25) is 9.89 Å². The van der Waals surface area contributed by atoms with E-state index in [9.17, 15) is 9.90 Å². The van der Waals surface area contributed by atoms with Crippen molar-refractivity contribution in [2.45, 2.75) is 38.7 Å². The molecular weight excluding hydrogens is 332 g/mol. The summed E-state index contributed by atoms with van der Waals surface area (Å²) in [7, 11) is 1.75. The molecule has 1 aliphatic rings. The standard InChI is InChI=1S/C18H26N6O2/c1-13-15(14(2)22-21-13)5-6-16(25)23(3)11-18(26)7-10-24(12-18)17-19-8-4-9-20-17/h4,8-9,26H,5-7,10-12H2,1-3H3,(H,21,22). The van der Waals surface area contributed by atoms with E-state index in [4.69, 9.17) is 0 Å². The molecule has 3 rings (SSSR count). The number of aromatic nitrogens is 4. The Balaban J connectivity index is 1.54. The van der Waals surface area contributed by atoms with Crippen molar-refractivity contribution in [2.75, 3.05) is 31.6 Å². The minimum absolute atomic E-state index is 0.0211. The van der Waals surface area contributed by atoms with Crippen LogP contribution in [0.15, 0.2) is 18.5 Å². The molecule has 0 bridgehead atoms. The molecular formula is C18H26N6O2. The van der Waals surface area contributed by atoms with Crippen molar-refractivity contribution < 1.29 is 9.90 Å². The number of rotatable bonds is 6. The monoisotopic (exact) mass is 358 g/mol. The lowest BCUT2D eigenvalue weighted by molar-refractivity contribution is -0.132. The second-order valence-corrected chi connectivity index (χ2v) is 7.11. The van der Waals surface area contributed by atoms with Gasteiger partial charge in [0.1, 0.15) is 5.60 Å². The van der Waals surface area contributed by atoms with E-state index in [0.29, 0.717) is 44.8 Å². The van der Waals surface area contributed by atoms with Crippen LogP contribution in [-0.2, 0) is 11.2 Å². The Morgan fingerprint density at radius 3 is 2.77 bits per heavy atom. The van der Waals surface area contributed by atoms with E-state index >= 15 is 0 Å². The van der Waals surface area contributed by atoms with Gasteiger partial charge >= 0.3 is 0 Å². The first kappa shape index (κ1) is 18.3. The van der Waals surface area contributed by atoms with E-state index in [2.05, 4.69) is 20.2 Å². The molecule has 1 amide bonds. The van der Waals surface area contributed by atoms with E-state index in [1.807, 2.05) is 18.7 Å². The highest BCUT2D eigenvalue weighted by Crippen LogP contribution is 2.25. The van der Waals surface area contributed by atoms with Gasteiger partial charge in [-0.15, -0.1) is 0 Å². The van der Waals surface area contributed by atoms with E-state index in [-0.39, 0.29) is 5.91 Å². The fourth-order valence-electron chi connectivity index (χ4n) is 3.51. The third kappa shape index (κ3) is 4.01. The summed E-state index contributed by atoms with van der Waals surface area (Å²) in [6, 6.07) is 1.77. The van der Waals surface area contributed by atoms with Crippen molar-refractivity contribution in [3.05, 3.63) is 35.4 Å². The summed E-state index contributed by atoms with van der Waals surface area (Å²) in [4.78, 5) is 24.5. The zero-order valence-electron chi connectivity index (χ0n) is 15.6. The molecule has 1 saturated heterocycles. The van der Waals surface area contributed by atoms with Crippen LogP contribution in [0.5, 0.6) is 0 Å². The number of nitrogens with one attached hydrogen (secondary N) is 1. The number of aryl methyl sites for hydroxylation is 2. The van der Waals surface area contributed by atoms with Gasteiger partial charge in [0.2, 0.25) is 11.9 Å². The van der Waals surface area contributed by atoms with Gasteiger partial charge in [0.15, 0.2) is 0 Å². The van der Waals surface area contributed by atoms with Crippen LogP contribution in [0.25, 0.3) is 0 Å². The maximum absolute atomic E-state index is 12.5. The Labute approximate surface area is 153 Å². The number of nitrogens with zero attached hydrogens (tertiary/aromatic N) is 5. The first-order valence-electron chi connectivity index (χ1n) is 8.87. The zero-order valence-corrected chi connectivity index (χ0v) is 15.6. The number of aliphatic hydroxyl groups is 1. The van der Waals surface area contributed by atoms with Gasteiger partial charge in [-0.25, -0.2) is 9.97 Å². The second-order valence-electron chi connectivity index (χ2n) is 7.11. The normalized spacial score (nSPS) is 19.8. The number of amides is 1. The molecule has 8 nitrogen and oxygen atoms in total. The number of hydrogen-bond acceptors (Lipinski definition) is 6. The Morgan fingerprint density at radius 2 is 2.12 bits per heavy atom. The number of hydrogen-bond donors (Lipinski definition) is 2. The molecule has 2 aromatic rings. The maximum atomic E-state index is 12.5. The molecule has 1 fully saturated rings. The van der Waals surface area contributed by atoms with Crippen molar-refractivity contribution >= 4 is 11.9 Å². The molecule has 1 atom stereocenters. The first-order valence-corrected chi connectivity index (χ1v) is 8.87. The number of β-amino-alcohol motifs (C(OH)–C–C–N with tert-alkyl or cyclic N) is 1. The number of likely N-dealkylation sites (N-methyl/N-ethyl adjacent to an activating group) is 1. The second kappa shape index (κ2) is 7.41. The highest BCUT2D eigenvalue weighted by molar-refractivity contribution is 5.76. The van der Waals surface area contributed by atoms with Crippen LogP contribution in [0, 0.1) is 13.8 Å². The lowest BCUT2D eigenvalue weighted by Crippen LogP contribution is -2.46. The molecule has 0 aromatic carbocycles. The van der Waals surface area contributed by atoms with Crippen molar-refractivity contribution in [1.29, 1.82) is 0 Å². The zero-order chi connectivity index (χ0) is 18.7. The van der Waals surface area contributed by atoms with E-state index in [1.165, 1.54) is 0 Å². The minimum atomic E-state index is -0.939. The molecule has 8 heteroatoms. The van der Waals surface area contributed by atoms with Gasteiger partial charge < -0.3 is 14.9 Å². The van der Waals surface area contributed by atoms with Crippen LogP contribution in [0.2, 0.25) is 0 Å². The Kier molecular flexibility index (Phi) is 5.22. The van der Waals surface area contributed by atoms with Crippen LogP contribution in [0.1, 0.15) is 29.8 Å². The molecule has 0 spiro atoms. The predicted molar refractivity (Wildman–Crippen MR) is 97.8 cm³/mol. The summed E-state index contributed by atoms with van der Waals surface area (Å²) < 4.78 is 0. The van der Waals surface area contributed by atoms with E-state index < -0.39 is 5.60 Å². The highest BCUT2D eigenvalue weighted by Gasteiger charge is 2.38. The average molecular weight is 358 g/mol. The Morgan fingerprint density at radius 1 is 1.38 bits per heavy atom. The van der Waals surface area contributed by atoms with Crippen molar-refractivity contribution in [1.82, 2.24) is 25.1 Å². The van der Waals surface area contributed by atoms with Crippen LogP contribution in [0.3, 0.4) is 0 Å². The molecule has 0 aliphatic carbocycles. The predicted octanol–water partition coefficient (Wildman–Crippen LogP) is 0.849. The summed E-state index contributed by atoms with van der Waals surface area (Å²) in [5.74, 6) is 0.635. The topological polar surface area (TPSA) is 98.2 Å². The van der Waals surface area contributed by atoms with E-state index in [1.54, 1.807) is 30.4 Å². The van der Waals surface area contributed by atoms with Crippen molar-refractivity contribution in [2.24, 2.45) is 0 Å². The van der Waals surface area contributed by atoms with Gasteiger partial charge in [0.05, 0.1) is 18.8 Å². The smallest absolute Gasteiger partial charge is 0.225 e. The molecule has 140 valence electrons. The Bertz CT molecular complexity index is 743. The molecule has 3 heterocycles. The Hall–Kier alpha value is -2.48. The van der Waals surface area contributed by atoms with Crippen molar-refractivity contribution in [3.63, 3.8) is 0 Å². The summed E-state index contributed by atoms with van der Waals surface area (Å²) in [5, 5.41) is 18.0. The van der Waals surface area contributed by atoms with Gasteiger partial charge in [-0.1, -0.05) is 0 Å². The number of carbonyl (C=O) groups is 1. The van der Waals surface area contributed by atoms with Gasteiger partial charge in [-0.2, -0.15) is 5.10 Å². The fourth-order valence-corrected chi connectivity index (χ4v) is 3.51. The quantitative estimate of drug-likeness (QED) is 0.794. The summed E-state index contributed by atoms with van der Waals surface area (Å²) in [6.07, 6.45) is 5.02. The molecule has 26 heavy (non-hydrogen) atoms. The van der Waals surface area contributed by atoms with Crippen LogP contribution in [-0.4, -0.2) is 68.4 Å². The summed E-state index contributed by atoms with van der Waals surface area (Å²) in [6.45, 7) is 5.31. The number of carbonyl (C=O) groups excluding carboxylic acids is 1. The molecule has 0 saturated carbocycles. The average Bonchev–Trinajstić information content (AvgIpc) is 3.16. The highest BCUT2D eigenvalue weighted by atomic mass is 16.3. The first-order chi connectivity index (χ1) is 12.4. The molecule has 0 radical (unpaired) electrons. The van der Waals surface area contributed by atoms with Crippen LogP contribution < -0.4 is 4.90 Å². The third-order valence-electron chi connectivity index (χ3n) is 4.99. The SMILES string of the molecule is Cc1n[nH]c(C)c1CCC(=O)N(C)CC1(O)CCN(c2ncccn2)C1. The van der Waals surface area contributed by atoms with Gasteiger partial charge in [0.25, 0.3) is 0 Å². The van der Waals surface area contributed by atoms with Gasteiger partial charge in [0, 0.05) is 38.1 Å². The fraction of sp³-hybridized carbons (Fsp3) is 0.556. The number of H-pyrrole nitrogens is 1. The molecule has 2 N–H and O–H groups in total. The third-order valence-corrected chi connectivity index (χ3v) is 4.99. The summed E-state index contributed by atoms with van der Waals surface area (Å²) >= 11 is 0. The van der Waals surface area contributed by atoms with Crippen LogP contribution >= 0.6 is 0 Å². The number of anilines is 1.